The Hall–Kier alpha value is -1.31. The zero-order valence-corrected chi connectivity index (χ0v) is 11.9. The van der Waals surface area contributed by atoms with Crippen LogP contribution in [-0.4, -0.2) is 12.4 Å². The van der Waals surface area contributed by atoms with Gasteiger partial charge in [0.15, 0.2) is 5.78 Å². The number of ether oxygens (including phenoxy) is 1. The molecule has 0 spiro atoms. The lowest BCUT2D eigenvalue weighted by Gasteiger charge is -2.21. The third-order valence-electron chi connectivity index (χ3n) is 4.02. The van der Waals surface area contributed by atoms with E-state index in [0.29, 0.717) is 6.42 Å². The van der Waals surface area contributed by atoms with E-state index in [2.05, 4.69) is 0 Å². The first-order chi connectivity index (χ1) is 9.29. The average molecular weight is 260 g/mol. The highest BCUT2D eigenvalue weighted by Gasteiger charge is 2.13. The number of ketones is 1. The van der Waals surface area contributed by atoms with E-state index in [0.717, 1.165) is 30.3 Å². The molecule has 0 N–H and O–H groups in total. The minimum Gasteiger partial charge on any atom is -0.494 e. The number of Topliss-reactive ketones (excluding diaryl/α,β-unsaturated/α-hetero) is 1. The van der Waals surface area contributed by atoms with E-state index in [9.17, 15) is 4.79 Å². The largest absolute Gasteiger partial charge is 0.494 e. The van der Waals surface area contributed by atoms with Crippen LogP contribution in [0.5, 0.6) is 5.75 Å². The van der Waals surface area contributed by atoms with Crippen LogP contribution in [0.25, 0.3) is 0 Å². The van der Waals surface area contributed by atoms with Gasteiger partial charge in [0.1, 0.15) is 5.75 Å². The molecule has 0 aromatic heterocycles. The van der Waals surface area contributed by atoms with Crippen molar-refractivity contribution in [2.24, 2.45) is 5.92 Å². The summed E-state index contributed by atoms with van der Waals surface area (Å²) in [5.41, 5.74) is 0.780. The molecule has 0 radical (unpaired) electrons. The second-order valence-corrected chi connectivity index (χ2v) is 5.44. The van der Waals surface area contributed by atoms with Gasteiger partial charge in [0.25, 0.3) is 0 Å². The van der Waals surface area contributed by atoms with Crippen LogP contribution in [0.4, 0.5) is 0 Å². The minimum atomic E-state index is 0.189. The fourth-order valence-electron chi connectivity index (χ4n) is 2.76. The Kier molecular flexibility index (Phi) is 5.44. The maximum absolute atomic E-state index is 11.5. The number of carbonyl (C=O) groups is 1. The first-order valence-electron chi connectivity index (χ1n) is 7.55. The summed E-state index contributed by atoms with van der Waals surface area (Å²) in [5, 5.41) is 0. The Morgan fingerprint density at radius 2 is 1.84 bits per heavy atom. The Bertz CT molecular complexity index is 388. The fraction of sp³-hybridized carbons (Fsp3) is 0.588. The number of carbonyl (C=O) groups excluding carboxylic acids is 1. The maximum Gasteiger partial charge on any atom is 0.162 e. The highest BCUT2D eigenvalue weighted by Crippen LogP contribution is 2.26. The topological polar surface area (TPSA) is 26.3 Å². The summed E-state index contributed by atoms with van der Waals surface area (Å²) in [6, 6.07) is 7.54. The summed E-state index contributed by atoms with van der Waals surface area (Å²) in [4.78, 5) is 11.5. The van der Waals surface area contributed by atoms with Crippen molar-refractivity contribution in [2.75, 3.05) is 6.61 Å². The Morgan fingerprint density at radius 1 is 1.16 bits per heavy atom. The number of hydrogen-bond donors (Lipinski definition) is 0. The summed E-state index contributed by atoms with van der Waals surface area (Å²) in [6.07, 6.45) is 8.64. The standard InChI is InChI=1S/C17H24O2/c1-2-17(18)15-8-10-16(11-9-15)19-13-12-14-6-4-3-5-7-14/h8-11,14H,2-7,12-13H2,1H3. The van der Waals surface area contributed by atoms with Crippen LogP contribution in [0.15, 0.2) is 24.3 Å². The van der Waals surface area contributed by atoms with Gasteiger partial charge in [0.2, 0.25) is 0 Å². The smallest absolute Gasteiger partial charge is 0.162 e. The molecule has 1 saturated carbocycles. The average Bonchev–Trinajstić information content (AvgIpc) is 2.48. The molecule has 2 nitrogen and oxygen atoms in total. The van der Waals surface area contributed by atoms with Crippen molar-refractivity contribution in [3.8, 4) is 5.75 Å². The quantitative estimate of drug-likeness (QED) is 0.697. The predicted molar refractivity (Wildman–Crippen MR) is 77.8 cm³/mol. The van der Waals surface area contributed by atoms with Crippen LogP contribution in [0.2, 0.25) is 0 Å². The maximum atomic E-state index is 11.5. The van der Waals surface area contributed by atoms with Gasteiger partial charge in [-0.2, -0.15) is 0 Å². The third-order valence-corrected chi connectivity index (χ3v) is 4.02. The predicted octanol–water partition coefficient (Wildman–Crippen LogP) is 4.63. The summed E-state index contributed by atoms with van der Waals surface area (Å²) in [5.74, 6) is 1.92. The molecule has 104 valence electrons. The SMILES string of the molecule is CCC(=O)c1ccc(OCCC2CCCCC2)cc1. The van der Waals surface area contributed by atoms with Crippen molar-refractivity contribution in [3.63, 3.8) is 0 Å². The second-order valence-electron chi connectivity index (χ2n) is 5.44. The number of rotatable bonds is 6. The molecule has 1 fully saturated rings. The van der Waals surface area contributed by atoms with Crippen molar-refractivity contribution < 1.29 is 9.53 Å². The molecule has 0 bridgehead atoms. The number of benzene rings is 1. The van der Waals surface area contributed by atoms with Gasteiger partial charge in [-0.1, -0.05) is 39.0 Å². The Labute approximate surface area is 116 Å². The van der Waals surface area contributed by atoms with E-state index in [1.807, 2.05) is 31.2 Å². The van der Waals surface area contributed by atoms with Gasteiger partial charge in [-0.15, -0.1) is 0 Å². The Morgan fingerprint density at radius 3 is 2.47 bits per heavy atom. The van der Waals surface area contributed by atoms with E-state index >= 15 is 0 Å². The van der Waals surface area contributed by atoms with Gasteiger partial charge >= 0.3 is 0 Å². The lowest BCUT2D eigenvalue weighted by molar-refractivity contribution is 0.0988. The molecule has 1 aliphatic carbocycles. The highest BCUT2D eigenvalue weighted by atomic mass is 16.5. The van der Waals surface area contributed by atoms with Crippen LogP contribution in [0.3, 0.4) is 0 Å². The van der Waals surface area contributed by atoms with Gasteiger partial charge < -0.3 is 4.74 Å². The van der Waals surface area contributed by atoms with Gasteiger partial charge in [0.05, 0.1) is 6.61 Å². The number of hydrogen-bond acceptors (Lipinski definition) is 2. The summed E-state index contributed by atoms with van der Waals surface area (Å²) < 4.78 is 5.77. The molecule has 0 amide bonds. The van der Waals surface area contributed by atoms with Gasteiger partial charge in [-0.25, -0.2) is 0 Å². The van der Waals surface area contributed by atoms with Crippen molar-refractivity contribution in [1.82, 2.24) is 0 Å². The summed E-state index contributed by atoms with van der Waals surface area (Å²) >= 11 is 0. The molecule has 1 aromatic rings. The Balaban J connectivity index is 1.75. The molecule has 0 atom stereocenters. The monoisotopic (exact) mass is 260 g/mol. The van der Waals surface area contributed by atoms with Crippen molar-refractivity contribution in [3.05, 3.63) is 29.8 Å². The van der Waals surface area contributed by atoms with E-state index in [1.165, 1.54) is 32.1 Å². The minimum absolute atomic E-state index is 0.189. The molecule has 0 saturated heterocycles. The zero-order valence-electron chi connectivity index (χ0n) is 11.9. The van der Waals surface area contributed by atoms with Gasteiger partial charge in [-0.3, -0.25) is 4.79 Å². The lowest BCUT2D eigenvalue weighted by atomic mass is 9.87. The van der Waals surface area contributed by atoms with Crippen molar-refractivity contribution in [1.29, 1.82) is 0 Å². The van der Waals surface area contributed by atoms with Crippen molar-refractivity contribution >= 4 is 5.78 Å². The molecule has 0 unspecified atom stereocenters. The van der Waals surface area contributed by atoms with Gasteiger partial charge in [-0.05, 0) is 36.6 Å². The molecule has 1 aromatic carbocycles. The van der Waals surface area contributed by atoms with E-state index in [1.54, 1.807) is 0 Å². The molecule has 0 aliphatic heterocycles. The normalized spacial score (nSPS) is 16.3. The third kappa shape index (κ3) is 4.38. The molecule has 2 rings (SSSR count). The van der Waals surface area contributed by atoms with Gasteiger partial charge in [0, 0.05) is 12.0 Å². The fourth-order valence-corrected chi connectivity index (χ4v) is 2.76. The molecular formula is C17H24O2. The first kappa shape index (κ1) is 14.1. The van der Waals surface area contributed by atoms with Crippen LogP contribution >= 0.6 is 0 Å². The zero-order chi connectivity index (χ0) is 13.5. The first-order valence-corrected chi connectivity index (χ1v) is 7.55. The van der Waals surface area contributed by atoms with E-state index in [-0.39, 0.29) is 5.78 Å². The van der Waals surface area contributed by atoms with Crippen LogP contribution in [0, 0.1) is 5.92 Å². The summed E-state index contributed by atoms with van der Waals surface area (Å²) in [7, 11) is 0. The molecule has 2 heteroatoms. The van der Waals surface area contributed by atoms with E-state index in [4.69, 9.17) is 4.74 Å². The van der Waals surface area contributed by atoms with E-state index < -0.39 is 0 Å². The highest BCUT2D eigenvalue weighted by molar-refractivity contribution is 5.95. The molecule has 19 heavy (non-hydrogen) atoms. The summed E-state index contributed by atoms with van der Waals surface area (Å²) in [6.45, 7) is 2.68. The van der Waals surface area contributed by atoms with Crippen LogP contribution < -0.4 is 4.74 Å². The second kappa shape index (κ2) is 7.32. The lowest BCUT2D eigenvalue weighted by Crippen LogP contribution is -2.10. The molecule has 1 aliphatic rings. The molecule has 0 heterocycles. The van der Waals surface area contributed by atoms with Crippen LogP contribution in [0.1, 0.15) is 62.2 Å². The van der Waals surface area contributed by atoms with Crippen molar-refractivity contribution in [2.45, 2.75) is 51.9 Å². The molecular weight excluding hydrogens is 236 g/mol. The van der Waals surface area contributed by atoms with Crippen LogP contribution in [-0.2, 0) is 0 Å².